The average molecular weight is 330 g/mol. The highest BCUT2D eigenvalue weighted by molar-refractivity contribution is 6.35. The second-order valence-corrected chi connectivity index (χ2v) is 6.53. The van der Waals surface area contributed by atoms with Crippen molar-refractivity contribution < 1.29 is 14.7 Å². The first kappa shape index (κ1) is 16.1. The summed E-state index contributed by atoms with van der Waals surface area (Å²) in [5.74, 6) is -1.05. The lowest BCUT2D eigenvalue weighted by molar-refractivity contribution is -0.140. The number of carbonyl (C=O) groups is 2. The molecule has 6 heteroatoms. The zero-order chi connectivity index (χ0) is 15.5. The lowest BCUT2D eigenvalue weighted by Gasteiger charge is -2.26. The van der Waals surface area contributed by atoms with Crippen LogP contribution in [0.1, 0.15) is 38.5 Å². The molecule has 0 unspecified atom stereocenters. The molecule has 0 aromatic heterocycles. The summed E-state index contributed by atoms with van der Waals surface area (Å²) in [6.45, 7) is 0. The molecule has 21 heavy (non-hydrogen) atoms. The van der Waals surface area contributed by atoms with Crippen molar-refractivity contribution in [2.24, 2.45) is 5.41 Å². The van der Waals surface area contributed by atoms with E-state index in [4.69, 9.17) is 28.3 Å². The van der Waals surface area contributed by atoms with E-state index in [0.717, 1.165) is 25.7 Å². The van der Waals surface area contributed by atoms with Gasteiger partial charge in [-0.15, -0.1) is 0 Å². The van der Waals surface area contributed by atoms with E-state index in [0.29, 0.717) is 15.7 Å². The Hall–Kier alpha value is -1.26. The topological polar surface area (TPSA) is 66.4 Å². The number of carboxylic acid groups (broad SMARTS) is 1. The number of carboxylic acids is 1. The van der Waals surface area contributed by atoms with Gasteiger partial charge < -0.3 is 10.4 Å². The van der Waals surface area contributed by atoms with E-state index < -0.39 is 11.4 Å². The van der Waals surface area contributed by atoms with Crippen molar-refractivity contribution in [2.45, 2.75) is 38.5 Å². The Kier molecular flexibility index (Phi) is 5.12. The number of anilines is 1. The Morgan fingerprint density at radius 1 is 1.10 bits per heavy atom. The van der Waals surface area contributed by atoms with Gasteiger partial charge in [-0.1, -0.05) is 36.0 Å². The fraction of sp³-hybridized carbons (Fsp3) is 0.467. The molecule has 0 atom stereocenters. The molecule has 0 bridgehead atoms. The molecule has 1 aromatic rings. The average Bonchev–Trinajstić information content (AvgIpc) is 2.74. The van der Waals surface area contributed by atoms with Gasteiger partial charge in [-0.05, 0) is 36.5 Å². The van der Waals surface area contributed by atoms with Gasteiger partial charge in [-0.25, -0.2) is 0 Å². The highest BCUT2D eigenvalue weighted by Crippen LogP contribution is 2.44. The van der Waals surface area contributed by atoms with Crippen molar-refractivity contribution in [3.05, 3.63) is 28.2 Å². The number of hydrogen-bond acceptors (Lipinski definition) is 2. The summed E-state index contributed by atoms with van der Waals surface area (Å²) in [5, 5.41) is 12.7. The van der Waals surface area contributed by atoms with Crippen LogP contribution >= 0.6 is 23.2 Å². The van der Waals surface area contributed by atoms with Crippen LogP contribution in [0.4, 0.5) is 5.69 Å². The molecule has 1 fully saturated rings. The first-order valence-electron chi connectivity index (χ1n) is 6.86. The van der Waals surface area contributed by atoms with Crippen molar-refractivity contribution in [3.63, 3.8) is 0 Å². The molecule has 4 nitrogen and oxygen atoms in total. The van der Waals surface area contributed by atoms with Gasteiger partial charge in [0.15, 0.2) is 0 Å². The Morgan fingerprint density at radius 2 is 1.67 bits per heavy atom. The Bertz CT molecular complexity index is 534. The molecule has 0 aliphatic heterocycles. The summed E-state index contributed by atoms with van der Waals surface area (Å²) in [5.41, 5.74) is 0.110. The fourth-order valence-electron chi connectivity index (χ4n) is 3.03. The van der Waals surface area contributed by atoms with Crippen molar-refractivity contribution in [2.75, 3.05) is 5.32 Å². The van der Waals surface area contributed by atoms with Gasteiger partial charge in [0.1, 0.15) is 0 Å². The van der Waals surface area contributed by atoms with Crippen LogP contribution in [0.25, 0.3) is 0 Å². The van der Waals surface area contributed by atoms with Gasteiger partial charge in [-0.3, -0.25) is 9.59 Å². The van der Waals surface area contributed by atoms with Crippen molar-refractivity contribution in [1.29, 1.82) is 0 Å². The van der Waals surface area contributed by atoms with E-state index in [9.17, 15) is 9.59 Å². The largest absolute Gasteiger partial charge is 0.481 e. The molecule has 0 saturated heterocycles. The van der Waals surface area contributed by atoms with E-state index in [-0.39, 0.29) is 18.7 Å². The van der Waals surface area contributed by atoms with E-state index in [1.165, 1.54) is 0 Å². The van der Waals surface area contributed by atoms with Crippen LogP contribution in [-0.4, -0.2) is 17.0 Å². The quantitative estimate of drug-likeness (QED) is 0.843. The lowest BCUT2D eigenvalue weighted by atomic mass is 9.79. The van der Waals surface area contributed by atoms with E-state index in [2.05, 4.69) is 5.32 Å². The van der Waals surface area contributed by atoms with Crippen LogP contribution in [0.15, 0.2) is 18.2 Å². The van der Waals surface area contributed by atoms with Crippen LogP contribution in [-0.2, 0) is 9.59 Å². The first-order valence-corrected chi connectivity index (χ1v) is 7.62. The standard InChI is InChI=1S/C15H17Cl2NO3/c16-10-5-11(17)7-12(6-10)18-13(19)8-15(9-14(20)21)3-1-2-4-15/h5-7H,1-4,8-9H2,(H,18,19)(H,20,21). The fourth-order valence-corrected chi connectivity index (χ4v) is 3.56. The monoisotopic (exact) mass is 329 g/mol. The third kappa shape index (κ3) is 4.61. The summed E-state index contributed by atoms with van der Waals surface area (Å²) < 4.78 is 0. The molecule has 1 aliphatic carbocycles. The predicted molar refractivity (Wildman–Crippen MR) is 82.9 cm³/mol. The van der Waals surface area contributed by atoms with Gasteiger partial charge >= 0.3 is 5.97 Å². The molecule has 0 spiro atoms. The van der Waals surface area contributed by atoms with Gasteiger partial charge in [0.2, 0.25) is 5.91 Å². The highest BCUT2D eigenvalue weighted by Gasteiger charge is 2.37. The predicted octanol–water partition coefficient (Wildman–Crippen LogP) is 4.36. The summed E-state index contributed by atoms with van der Waals surface area (Å²) in [7, 11) is 0. The smallest absolute Gasteiger partial charge is 0.303 e. The number of hydrogen-bond donors (Lipinski definition) is 2. The number of amides is 1. The van der Waals surface area contributed by atoms with E-state index in [1.54, 1.807) is 18.2 Å². The van der Waals surface area contributed by atoms with Crippen molar-refractivity contribution >= 4 is 40.8 Å². The second-order valence-electron chi connectivity index (χ2n) is 5.66. The van der Waals surface area contributed by atoms with Gasteiger partial charge in [0.25, 0.3) is 0 Å². The molecule has 2 rings (SSSR count). The van der Waals surface area contributed by atoms with Crippen LogP contribution < -0.4 is 5.32 Å². The molecular formula is C15H17Cl2NO3. The summed E-state index contributed by atoms with van der Waals surface area (Å²) in [4.78, 5) is 23.2. The Morgan fingerprint density at radius 3 is 2.19 bits per heavy atom. The first-order chi connectivity index (χ1) is 9.88. The maximum absolute atomic E-state index is 12.2. The summed E-state index contributed by atoms with van der Waals surface area (Å²) in [6.07, 6.45) is 3.76. The molecule has 114 valence electrons. The van der Waals surface area contributed by atoms with Crippen LogP contribution in [0, 0.1) is 5.41 Å². The van der Waals surface area contributed by atoms with Crippen LogP contribution in [0.3, 0.4) is 0 Å². The minimum absolute atomic E-state index is 0.0384. The van der Waals surface area contributed by atoms with E-state index in [1.807, 2.05) is 0 Å². The van der Waals surface area contributed by atoms with Gasteiger partial charge in [0, 0.05) is 22.2 Å². The minimum atomic E-state index is -0.851. The molecule has 1 amide bonds. The number of aliphatic carboxylic acids is 1. The van der Waals surface area contributed by atoms with E-state index >= 15 is 0 Å². The van der Waals surface area contributed by atoms with Crippen LogP contribution in [0.5, 0.6) is 0 Å². The SMILES string of the molecule is O=C(O)CC1(CC(=O)Nc2cc(Cl)cc(Cl)c2)CCCC1. The van der Waals surface area contributed by atoms with Gasteiger partial charge in [0.05, 0.1) is 6.42 Å². The normalized spacial score (nSPS) is 16.7. The Labute approximate surface area is 133 Å². The van der Waals surface area contributed by atoms with Crippen molar-refractivity contribution in [1.82, 2.24) is 0 Å². The minimum Gasteiger partial charge on any atom is -0.481 e. The number of carbonyl (C=O) groups excluding carboxylic acids is 1. The second kappa shape index (κ2) is 6.67. The third-order valence-electron chi connectivity index (χ3n) is 3.87. The van der Waals surface area contributed by atoms with Gasteiger partial charge in [-0.2, -0.15) is 0 Å². The number of benzene rings is 1. The molecule has 1 aromatic carbocycles. The number of rotatable bonds is 5. The molecule has 0 heterocycles. The summed E-state index contributed by atoms with van der Waals surface area (Å²) >= 11 is 11.8. The number of nitrogens with one attached hydrogen (secondary N) is 1. The van der Waals surface area contributed by atoms with Crippen LogP contribution in [0.2, 0.25) is 10.0 Å². The zero-order valence-corrected chi connectivity index (χ0v) is 13.0. The maximum Gasteiger partial charge on any atom is 0.303 e. The third-order valence-corrected chi connectivity index (χ3v) is 4.31. The molecule has 0 radical (unpaired) electrons. The summed E-state index contributed by atoms with van der Waals surface area (Å²) in [6, 6.07) is 4.81. The number of halogens is 2. The lowest BCUT2D eigenvalue weighted by Crippen LogP contribution is -2.27. The molecular weight excluding hydrogens is 313 g/mol. The highest BCUT2D eigenvalue weighted by atomic mass is 35.5. The Balaban J connectivity index is 2.04. The zero-order valence-electron chi connectivity index (χ0n) is 11.5. The molecule has 1 aliphatic rings. The molecule has 1 saturated carbocycles. The molecule has 2 N–H and O–H groups in total. The van der Waals surface area contributed by atoms with Crippen molar-refractivity contribution in [3.8, 4) is 0 Å². The maximum atomic E-state index is 12.2.